The van der Waals surface area contributed by atoms with Gasteiger partial charge in [0.25, 0.3) is 0 Å². The van der Waals surface area contributed by atoms with Crippen LogP contribution in [0.3, 0.4) is 0 Å². The highest BCUT2D eigenvalue weighted by Gasteiger charge is 2.21. The molecule has 102 valence electrons. The molecule has 3 aromatic rings. The lowest BCUT2D eigenvalue weighted by Gasteiger charge is -2.10. The Kier molecular flexibility index (Phi) is 3.29. The van der Waals surface area contributed by atoms with Crippen molar-refractivity contribution in [2.24, 2.45) is 0 Å². The molecule has 0 bridgehead atoms. The number of rotatable bonds is 3. The van der Waals surface area contributed by atoms with Crippen LogP contribution in [-0.2, 0) is 0 Å². The number of aromatic nitrogens is 1. The second-order valence-corrected chi connectivity index (χ2v) is 5.04. The van der Waals surface area contributed by atoms with Crippen molar-refractivity contribution in [3.05, 3.63) is 71.4 Å². The smallest absolute Gasteiger partial charge is 0.172 e. The number of nitriles is 1. The van der Waals surface area contributed by atoms with Gasteiger partial charge in [0, 0.05) is 28.6 Å². The first-order valence-corrected chi connectivity index (χ1v) is 6.81. The maximum atomic E-state index is 12.8. The first-order valence-electron chi connectivity index (χ1n) is 6.81. The monoisotopic (exact) mass is 274 g/mol. The van der Waals surface area contributed by atoms with Gasteiger partial charge in [-0.15, -0.1) is 0 Å². The van der Waals surface area contributed by atoms with Crippen LogP contribution in [0.25, 0.3) is 10.9 Å². The fourth-order valence-corrected chi connectivity index (χ4v) is 2.60. The van der Waals surface area contributed by atoms with E-state index < -0.39 is 0 Å². The number of fused-ring (bicyclic) bond motifs is 1. The summed E-state index contributed by atoms with van der Waals surface area (Å²) in [5.74, 6) is -0.216. The third-order valence-electron chi connectivity index (χ3n) is 3.78. The van der Waals surface area contributed by atoms with Gasteiger partial charge in [0.15, 0.2) is 5.78 Å². The lowest BCUT2D eigenvalue weighted by molar-refractivity contribution is 0.0968. The number of carbonyl (C=O) groups is 1. The molecule has 0 aliphatic rings. The summed E-state index contributed by atoms with van der Waals surface area (Å²) in [5.41, 5.74) is 2.90. The molecule has 1 heterocycles. The first-order chi connectivity index (χ1) is 10.2. The predicted octanol–water partition coefficient (Wildman–Crippen LogP) is 4.03. The SMILES string of the molecule is CC(C(=O)c1c[nH]c2cccc(C#N)c12)c1ccccc1. The summed E-state index contributed by atoms with van der Waals surface area (Å²) in [6, 6.07) is 17.3. The molecule has 0 spiro atoms. The molecule has 21 heavy (non-hydrogen) atoms. The Labute approximate surface area is 122 Å². The zero-order valence-corrected chi connectivity index (χ0v) is 11.6. The molecule has 1 atom stereocenters. The van der Waals surface area contributed by atoms with Gasteiger partial charge in [-0.05, 0) is 17.7 Å². The molecule has 0 amide bonds. The van der Waals surface area contributed by atoms with Crippen molar-refractivity contribution < 1.29 is 4.79 Å². The van der Waals surface area contributed by atoms with Crippen LogP contribution in [0.2, 0.25) is 0 Å². The van der Waals surface area contributed by atoms with Crippen molar-refractivity contribution in [2.75, 3.05) is 0 Å². The van der Waals surface area contributed by atoms with Crippen molar-refractivity contribution >= 4 is 16.7 Å². The number of H-pyrrole nitrogens is 1. The predicted molar refractivity (Wildman–Crippen MR) is 82.2 cm³/mol. The molecule has 0 saturated heterocycles. The van der Waals surface area contributed by atoms with E-state index in [0.29, 0.717) is 16.5 Å². The second-order valence-electron chi connectivity index (χ2n) is 5.04. The topological polar surface area (TPSA) is 56.6 Å². The van der Waals surface area contributed by atoms with Gasteiger partial charge in [-0.3, -0.25) is 4.79 Å². The Hall–Kier alpha value is -2.86. The number of hydrogen-bond donors (Lipinski definition) is 1. The number of benzene rings is 2. The van der Waals surface area contributed by atoms with E-state index in [1.54, 1.807) is 12.3 Å². The Morgan fingerprint density at radius 1 is 1.14 bits per heavy atom. The molecule has 1 unspecified atom stereocenters. The minimum Gasteiger partial charge on any atom is -0.360 e. The van der Waals surface area contributed by atoms with Crippen LogP contribution >= 0.6 is 0 Å². The molecule has 0 fully saturated rings. The molecule has 3 nitrogen and oxygen atoms in total. The standard InChI is InChI=1S/C18H14N2O/c1-12(13-6-3-2-4-7-13)18(21)15-11-20-16-9-5-8-14(10-19)17(15)16/h2-9,11-12,20H,1H3. The Morgan fingerprint density at radius 3 is 2.62 bits per heavy atom. The highest BCUT2D eigenvalue weighted by Crippen LogP contribution is 2.27. The molecule has 3 rings (SSSR count). The van der Waals surface area contributed by atoms with Gasteiger partial charge in [-0.25, -0.2) is 0 Å². The Morgan fingerprint density at radius 2 is 1.90 bits per heavy atom. The summed E-state index contributed by atoms with van der Waals surface area (Å²) in [5, 5.41) is 9.96. The number of ketones is 1. The summed E-state index contributed by atoms with van der Waals surface area (Å²) in [4.78, 5) is 15.8. The van der Waals surface area contributed by atoms with E-state index in [-0.39, 0.29) is 11.7 Å². The maximum Gasteiger partial charge on any atom is 0.172 e. The van der Waals surface area contributed by atoms with E-state index in [4.69, 9.17) is 0 Å². The summed E-state index contributed by atoms with van der Waals surface area (Å²) < 4.78 is 0. The number of Topliss-reactive ketones (excluding diaryl/α,β-unsaturated/α-hetero) is 1. The van der Waals surface area contributed by atoms with Crippen LogP contribution in [0.1, 0.15) is 34.3 Å². The van der Waals surface area contributed by atoms with Gasteiger partial charge >= 0.3 is 0 Å². The number of hydrogen-bond acceptors (Lipinski definition) is 2. The molecular formula is C18H14N2O. The average Bonchev–Trinajstić information content (AvgIpc) is 2.98. The van der Waals surface area contributed by atoms with E-state index in [0.717, 1.165) is 11.1 Å². The van der Waals surface area contributed by atoms with Crippen molar-refractivity contribution in [1.29, 1.82) is 5.26 Å². The lowest BCUT2D eigenvalue weighted by Crippen LogP contribution is -2.09. The van der Waals surface area contributed by atoms with Crippen LogP contribution in [0.4, 0.5) is 0 Å². The highest BCUT2D eigenvalue weighted by molar-refractivity contribution is 6.12. The van der Waals surface area contributed by atoms with Gasteiger partial charge in [-0.2, -0.15) is 5.26 Å². The van der Waals surface area contributed by atoms with E-state index in [9.17, 15) is 10.1 Å². The first kappa shape index (κ1) is 13.1. The minimum absolute atomic E-state index is 0.0233. The van der Waals surface area contributed by atoms with Crippen LogP contribution < -0.4 is 0 Å². The highest BCUT2D eigenvalue weighted by atomic mass is 16.1. The third kappa shape index (κ3) is 2.21. The molecule has 0 aliphatic heterocycles. The molecule has 3 heteroatoms. The lowest BCUT2D eigenvalue weighted by atomic mass is 9.91. The molecule has 0 aliphatic carbocycles. The molecule has 0 radical (unpaired) electrons. The number of nitrogens with zero attached hydrogens (tertiary/aromatic N) is 1. The van der Waals surface area contributed by atoms with Gasteiger partial charge in [-0.1, -0.05) is 43.3 Å². The van der Waals surface area contributed by atoms with Gasteiger partial charge in [0.1, 0.15) is 0 Å². The molecular weight excluding hydrogens is 260 g/mol. The average molecular weight is 274 g/mol. The third-order valence-corrected chi connectivity index (χ3v) is 3.78. The number of nitrogens with one attached hydrogen (secondary N) is 1. The van der Waals surface area contributed by atoms with Crippen molar-refractivity contribution in [2.45, 2.75) is 12.8 Å². The maximum absolute atomic E-state index is 12.8. The second kappa shape index (κ2) is 5.26. The van der Waals surface area contributed by atoms with E-state index in [1.807, 2.05) is 49.4 Å². The van der Waals surface area contributed by atoms with Gasteiger partial charge in [0.2, 0.25) is 0 Å². The molecule has 1 N–H and O–H groups in total. The number of carbonyl (C=O) groups excluding carboxylic acids is 1. The van der Waals surface area contributed by atoms with Gasteiger partial charge in [0.05, 0.1) is 11.6 Å². The fraction of sp³-hybridized carbons (Fsp3) is 0.111. The largest absolute Gasteiger partial charge is 0.360 e. The van der Waals surface area contributed by atoms with Crippen LogP contribution in [0, 0.1) is 11.3 Å². The molecule has 2 aromatic carbocycles. The van der Waals surface area contributed by atoms with Crippen LogP contribution in [0.5, 0.6) is 0 Å². The van der Waals surface area contributed by atoms with E-state index in [2.05, 4.69) is 11.1 Å². The van der Waals surface area contributed by atoms with Crippen molar-refractivity contribution in [1.82, 2.24) is 4.98 Å². The summed E-state index contributed by atoms with van der Waals surface area (Å²) in [7, 11) is 0. The van der Waals surface area contributed by atoms with Crippen LogP contribution in [-0.4, -0.2) is 10.8 Å². The molecule has 0 saturated carbocycles. The zero-order valence-electron chi connectivity index (χ0n) is 11.6. The van der Waals surface area contributed by atoms with Crippen molar-refractivity contribution in [3.8, 4) is 6.07 Å². The molecule has 1 aromatic heterocycles. The zero-order chi connectivity index (χ0) is 14.8. The van der Waals surface area contributed by atoms with E-state index >= 15 is 0 Å². The summed E-state index contributed by atoms with van der Waals surface area (Å²) in [6.07, 6.45) is 1.70. The number of aromatic amines is 1. The normalized spacial score (nSPS) is 12.0. The van der Waals surface area contributed by atoms with E-state index in [1.165, 1.54) is 0 Å². The Balaban J connectivity index is 2.09. The van der Waals surface area contributed by atoms with Crippen LogP contribution in [0.15, 0.2) is 54.7 Å². The Bertz CT molecular complexity index is 841. The quantitative estimate of drug-likeness (QED) is 0.733. The van der Waals surface area contributed by atoms with Gasteiger partial charge < -0.3 is 4.98 Å². The fourth-order valence-electron chi connectivity index (χ4n) is 2.60. The summed E-state index contributed by atoms with van der Waals surface area (Å²) >= 11 is 0. The summed E-state index contributed by atoms with van der Waals surface area (Å²) in [6.45, 7) is 1.89. The van der Waals surface area contributed by atoms with Crippen molar-refractivity contribution in [3.63, 3.8) is 0 Å². The minimum atomic E-state index is -0.239.